The fourth-order valence-corrected chi connectivity index (χ4v) is 2.67. The minimum atomic E-state index is -0.345. The Morgan fingerprint density at radius 2 is 1.95 bits per heavy atom. The highest BCUT2D eigenvalue weighted by atomic mass is 16.5. The van der Waals surface area contributed by atoms with Crippen LogP contribution in [0.5, 0.6) is 5.75 Å². The SMILES string of the molecule is COc1cc(C2(C(=O)NCCNC(C)(C)C)CC2)ccc1C. The van der Waals surface area contributed by atoms with Crippen LogP contribution >= 0.6 is 0 Å². The van der Waals surface area contributed by atoms with Crippen molar-refractivity contribution >= 4 is 5.91 Å². The van der Waals surface area contributed by atoms with Gasteiger partial charge in [0.25, 0.3) is 0 Å². The van der Waals surface area contributed by atoms with Crippen molar-refractivity contribution in [3.63, 3.8) is 0 Å². The first-order chi connectivity index (χ1) is 10.3. The Labute approximate surface area is 133 Å². The number of methoxy groups -OCH3 is 1. The lowest BCUT2D eigenvalue weighted by Crippen LogP contribution is -2.43. The molecule has 1 amide bonds. The molecule has 22 heavy (non-hydrogen) atoms. The van der Waals surface area contributed by atoms with E-state index < -0.39 is 0 Å². The highest BCUT2D eigenvalue weighted by Crippen LogP contribution is 2.49. The summed E-state index contributed by atoms with van der Waals surface area (Å²) in [4.78, 5) is 12.6. The molecule has 2 N–H and O–H groups in total. The van der Waals surface area contributed by atoms with Crippen LogP contribution in [-0.4, -0.2) is 31.6 Å². The third-order valence-corrected chi connectivity index (χ3v) is 4.21. The second kappa shape index (κ2) is 6.29. The average molecular weight is 304 g/mol. The van der Waals surface area contributed by atoms with Crippen molar-refractivity contribution in [1.82, 2.24) is 10.6 Å². The van der Waals surface area contributed by atoms with Crippen molar-refractivity contribution < 1.29 is 9.53 Å². The first-order valence-electron chi connectivity index (χ1n) is 7.97. The van der Waals surface area contributed by atoms with Crippen LogP contribution in [0.4, 0.5) is 0 Å². The molecule has 1 saturated carbocycles. The summed E-state index contributed by atoms with van der Waals surface area (Å²) in [5, 5.41) is 6.45. The maximum atomic E-state index is 12.6. The number of nitrogens with one attached hydrogen (secondary N) is 2. The van der Waals surface area contributed by atoms with Gasteiger partial charge in [0.15, 0.2) is 0 Å². The van der Waals surface area contributed by atoms with E-state index in [-0.39, 0.29) is 16.9 Å². The molecule has 0 heterocycles. The van der Waals surface area contributed by atoms with E-state index >= 15 is 0 Å². The monoisotopic (exact) mass is 304 g/mol. The van der Waals surface area contributed by atoms with Crippen LogP contribution in [0.2, 0.25) is 0 Å². The number of carbonyl (C=O) groups excluding carboxylic acids is 1. The van der Waals surface area contributed by atoms with E-state index in [4.69, 9.17) is 4.74 Å². The van der Waals surface area contributed by atoms with E-state index in [1.807, 2.05) is 19.1 Å². The Morgan fingerprint density at radius 3 is 2.50 bits per heavy atom. The molecule has 0 aliphatic heterocycles. The molecule has 1 aromatic carbocycles. The molecule has 1 fully saturated rings. The van der Waals surface area contributed by atoms with E-state index in [2.05, 4.69) is 37.5 Å². The van der Waals surface area contributed by atoms with Gasteiger partial charge >= 0.3 is 0 Å². The zero-order valence-corrected chi connectivity index (χ0v) is 14.4. The zero-order chi connectivity index (χ0) is 16.4. The van der Waals surface area contributed by atoms with Gasteiger partial charge in [0.2, 0.25) is 5.91 Å². The Balaban J connectivity index is 1.97. The van der Waals surface area contributed by atoms with E-state index in [0.29, 0.717) is 6.54 Å². The molecule has 0 spiro atoms. The highest BCUT2D eigenvalue weighted by Gasteiger charge is 2.51. The summed E-state index contributed by atoms with van der Waals surface area (Å²) in [6.07, 6.45) is 1.83. The Morgan fingerprint density at radius 1 is 1.27 bits per heavy atom. The van der Waals surface area contributed by atoms with E-state index in [1.165, 1.54) is 0 Å². The predicted octanol–water partition coefficient (Wildman–Crippen LogP) is 2.54. The molecule has 0 radical (unpaired) electrons. The van der Waals surface area contributed by atoms with Gasteiger partial charge in [0.1, 0.15) is 5.75 Å². The van der Waals surface area contributed by atoms with Crippen molar-refractivity contribution in [3.8, 4) is 5.75 Å². The van der Waals surface area contributed by atoms with E-state index in [0.717, 1.165) is 36.3 Å². The molecular weight excluding hydrogens is 276 g/mol. The quantitative estimate of drug-likeness (QED) is 0.794. The number of benzene rings is 1. The van der Waals surface area contributed by atoms with Gasteiger partial charge in [-0.15, -0.1) is 0 Å². The van der Waals surface area contributed by atoms with Crippen molar-refractivity contribution in [2.45, 2.75) is 51.5 Å². The van der Waals surface area contributed by atoms with Gasteiger partial charge in [-0.1, -0.05) is 12.1 Å². The standard InChI is InChI=1S/C18H28N2O2/c1-13-6-7-14(12-15(13)22-5)18(8-9-18)16(21)19-10-11-20-17(2,3)4/h6-7,12,20H,8-11H2,1-5H3,(H,19,21). The molecule has 0 bridgehead atoms. The number of hydrogen-bond donors (Lipinski definition) is 2. The smallest absolute Gasteiger partial charge is 0.230 e. The number of ether oxygens (including phenoxy) is 1. The van der Waals surface area contributed by atoms with E-state index in [9.17, 15) is 4.79 Å². The Hall–Kier alpha value is -1.55. The number of carbonyl (C=O) groups is 1. The van der Waals surface area contributed by atoms with Crippen molar-refractivity contribution in [2.75, 3.05) is 20.2 Å². The van der Waals surface area contributed by atoms with Crippen LogP contribution in [0.3, 0.4) is 0 Å². The normalized spacial score (nSPS) is 16.2. The van der Waals surface area contributed by atoms with Crippen molar-refractivity contribution in [2.24, 2.45) is 0 Å². The molecule has 0 saturated heterocycles. The lowest BCUT2D eigenvalue weighted by atomic mass is 9.93. The molecule has 2 rings (SSSR count). The second-order valence-corrected chi connectivity index (χ2v) is 7.20. The second-order valence-electron chi connectivity index (χ2n) is 7.20. The summed E-state index contributed by atoms with van der Waals surface area (Å²) in [5.74, 6) is 0.986. The maximum absolute atomic E-state index is 12.6. The first-order valence-corrected chi connectivity index (χ1v) is 7.97. The minimum Gasteiger partial charge on any atom is -0.496 e. The molecule has 0 atom stereocenters. The number of rotatable bonds is 6. The van der Waals surface area contributed by atoms with Crippen LogP contribution in [0.15, 0.2) is 18.2 Å². The molecule has 1 aromatic rings. The molecule has 0 aromatic heterocycles. The number of amides is 1. The topological polar surface area (TPSA) is 50.4 Å². The largest absolute Gasteiger partial charge is 0.496 e. The third-order valence-electron chi connectivity index (χ3n) is 4.21. The average Bonchev–Trinajstić information content (AvgIpc) is 3.24. The van der Waals surface area contributed by atoms with Gasteiger partial charge in [-0.25, -0.2) is 0 Å². The number of aryl methyl sites for hydroxylation is 1. The van der Waals surface area contributed by atoms with Crippen LogP contribution in [0.25, 0.3) is 0 Å². The minimum absolute atomic E-state index is 0.0757. The molecule has 1 aliphatic rings. The van der Waals surface area contributed by atoms with Crippen molar-refractivity contribution in [3.05, 3.63) is 29.3 Å². The molecule has 4 heteroatoms. The fraction of sp³-hybridized carbons (Fsp3) is 0.611. The summed E-state index contributed by atoms with van der Waals surface area (Å²) in [6, 6.07) is 6.09. The highest BCUT2D eigenvalue weighted by molar-refractivity contribution is 5.91. The summed E-state index contributed by atoms with van der Waals surface area (Å²) >= 11 is 0. The van der Waals surface area contributed by atoms with Crippen LogP contribution in [0.1, 0.15) is 44.7 Å². The third kappa shape index (κ3) is 3.80. The first kappa shape index (κ1) is 16.8. The van der Waals surface area contributed by atoms with Gasteiger partial charge in [0, 0.05) is 18.6 Å². The fourth-order valence-electron chi connectivity index (χ4n) is 2.67. The molecule has 4 nitrogen and oxygen atoms in total. The van der Waals surface area contributed by atoms with Crippen LogP contribution in [-0.2, 0) is 10.2 Å². The van der Waals surface area contributed by atoms with Gasteiger partial charge in [-0.05, 0) is 57.7 Å². The van der Waals surface area contributed by atoms with Crippen molar-refractivity contribution in [1.29, 1.82) is 0 Å². The Bertz CT molecular complexity index is 543. The summed E-state index contributed by atoms with van der Waals surface area (Å²) < 4.78 is 5.38. The number of hydrogen-bond acceptors (Lipinski definition) is 3. The molecule has 0 unspecified atom stereocenters. The van der Waals surface area contributed by atoms with Crippen LogP contribution < -0.4 is 15.4 Å². The molecule has 122 valence electrons. The lowest BCUT2D eigenvalue weighted by Gasteiger charge is -2.22. The maximum Gasteiger partial charge on any atom is 0.230 e. The molecular formula is C18H28N2O2. The van der Waals surface area contributed by atoms with Crippen LogP contribution in [0, 0.1) is 6.92 Å². The van der Waals surface area contributed by atoms with Gasteiger partial charge in [-0.2, -0.15) is 0 Å². The predicted molar refractivity (Wildman–Crippen MR) is 89.4 cm³/mol. The molecule has 1 aliphatic carbocycles. The zero-order valence-electron chi connectivity index (χ0n) is 14.4. The van der Waals surface area contributed by atoms with E-state index in [1.54, 1.807) is 7.11 Å². The summed E-state index contributed by atoms with van der Waals surface area (Å²) in [6.45, 7) is 9.81. The van der Waals surface area contributed by atoms with Gasteiger partial charge in [0.05, 0.1) is 12.5 Å². The summed E-state index contributed by atoms with van der Waals surface area (Å²) in [5.41, 5.74) is 1.89. The van der Waals surface area contributed by atoms with Gasteiger partial charge < -0.3 is 15.4 Å². The lowest BCUT2D eigenvalue weighted by molar-refractivity contribution is -0.123. The Kier molecular flexibility index (Phi) is 4.81. The summed E-state index contributed by atoms with van der Waals surface area (Å²) in [7, 11) is 1.67. The van der Waals surface area contributed by atoms with Gasteiger partial charge in [-0.3, -0.25) is 4.79 Å².